The van der Waals surface area contributed by atoms with Gasteiger partial charge >= 0.3 is 5.97 Å². The highest BCUT2D eigenvalue weighted by atomic mass is 32.1. The Labute approximate surface area is 182 Å². The average Bonchev–Trinajstić information content (AvgIpc) is 2.78. The van der Waals surface area contributed by atoms with Gasteiger partial charge in [0.2, 0.25) is 0 Å². The van der Waals surface area contributed by atoms with Gasteiger partial charge in [-0.1, -0.05) is 12.2 Å². The van der Waals surface area contributed by atoms with E-state index in [1.807, 2.05) is 0 Å². The van der Waals surface area contributed by atoms with Crippen molar-refractivity contribution < 1.29 is 24.1 Å². The van der Waals surface area contributed by atoms with Crippen molar-refractivity contribution in [3.05, 3.63) is 67.8 Å². The fourth-order valence-electron chi connectivity index (χ4n) is 3.28. The van der Waals surface area contributed by atoms with E-state index in [2.05, 4.69) is 4.90 Å². The molecule has 1 fully saturated rings. The molecule has 0 spiro atoms. The van der Waals surface area contributed by atoms with E-state index in [0.29, 0.717) is 11.1 Å². The maximum absolute atomic E-state index is 12.6. The van der Waals surface area contributed by atoms with Gasteiger partial charge in [0.05, 0.1) is 23.0 Å². The predicted octanol–water partition coefficient (Wildman–Crippen LogP) is 3.89. The molecule has 0 aliphatic carbocycles. The van der Waals surface area contributed by atoms with Crippen LogP contribution in [0, 0.1) is 20.2 Å². The molecule has 0 unspecified atom stereocenters. The lowest BCUT2D eigenvalue weighted by Crippen LogP contribution is -2.34. The van der Waals surface area contributed by atoms with Gasteiger partial charge in [0.25, 0.3) is 11.4 Å². The number of nitrogens with zero attached hydrogens (tertiary/aromatic N) is 3. The molecule has 162 valence electrons. The van der Waals surface area contributed by atoms with Crippen LogP contribution in [-0.2, 0) is 0 Å². The molecule has 10 nitrogen and oxygen atoms in total. The number of hydrogen-bond donors (Lipinski definition) is 0. The van der Waals surface area contributed by atoms with E-state index in [4.69, 9.17) is 21.7 Å². The molecule has 2 aromatic rings. The van der Waals surface area contributed by atoms with Crippen LogP contribution in [0.25, 0.3) is 0 Å². The summed E-state index contributed by atoms with van der Waals surface area (Å²) in [5.41, 5.74) is -0.905. The van der Waals surface area contributed by atoms with Crippen molar-refractivity contribution in [2.24, 2.45) is 0 Å². The molecule has 1 aliphatic heterocycles. The zero-order valence-electron chi connectivity index (χ0n) is 16.6. The summed E-state index contributed by atoms with van der Waals surface area (Å²) in [6, 6.07) is 7.54. The van der Waals surface area contributed by atoms with Gasteiger partial charge in [0.15, 0.2) is 11.5 Å². The first kappa shape index (κ1) is 22.1. The highest BCUT2D eigenvalue weighted by molar-refractivity contribution is 7.80. The smallest absolute Gasteiger partial charge is 0.350 e. The summed E-state index contributed by atoms with van der Waals surface area (Å²) < 4.78 is 10.6. The van der Waals surface area contributed by atoms with E-state index in [-0.39, 0.29) is 11.5 Å². The molecule has 1 saturated heterocycles. The zero-order chi connectivity index (χ0) is 22.5. The summed E-state index contributed by atoms with van der Waals surface area (Å²) in [6.07, 6.45) is 3.31. The number of thiocarbonyl (C=S) groups is 1. The van der Waals surface area contributed by atoms with Crippen LogP contribution in [0.4, 0.5) is 11.4 Å². The van der Waals surface area contributed by atoms with Crippen LogP contribution in [-0.4, -0.2) is 45.9 Å². The highest BCUT2D eigenvalue weighted by Gasteiger charge is 2.26. The first-order valence-corrected chi connectivity index (χ1v) is 9.85. The number of benzene rings is 2. The number of nitro groups is 2. The van der Waals surface area contributed by atoms with Crippen LogP contribution in [0.3, 0.4) is 0 Å². The molecular weight excluding hydrogens is 426 g/mol. The Morgan fingerprint density at radius 3 is 2.32 bits per heavy atom. The third-order valence-corrected chi connectivity index (χ3v) is 5.36. The third kappa shape index (κ3) is 4.94. The number of ether oxygens (including phenoxy) is 2. The fraction of sp³-hybridized carbons (Fsp3) is 0.300. The summed E-state index contributed by atoms with van der Waals surface area (Å²) in [5.74, 6) is -0.758. The lowest BCUT2D eigenvalue weighted by Gasteiger charge is -2.29. The summed E-state index contributed by atoms with van der Waals surface area (Å²) in [6.45, 7) is 1.75. The minimum absolute atomic E-state index is 0.0466. The Kier molecular flexibility index (Phi) is 6.75. The van der Waals surface area contributed by atoms with Crippen molar-refractivity contribution in [3.63, 3.8) is 0 Å². The summed E-state index contributed by atoms with van der Waals surface area (Å²) >= 11 is 5.57. The van der Waals surface area contributed by atoms with Crippen molar-refractivity contribution in [2.45, 2.75) is 19.3 Å². The average molecular weight is 445 g/mol. The number of non-ortho nitro benzene ring substituents is 1. The van der Waals surface area contributed by atoms with E-state index in [1.165, 1.54) is 19.6 Å². The number of carbonyl (C=O) groups is 1. The van der Waals surface area contributed by atoms with E-state index in [9.17, 15) is 25.0 Å². The van der Waals surface area contributed by atoms with Crippen LogP contribution in [0.5, 0.6) is 11.5 Å². The molecule has 0 radical (unpaired) electrons. The first-order chi connectivity index (χ1) is 14.8. The van der Waals surface area contributed by atoms with Crippen molar-refractivity contribution in [1.82, 2.24) is 4.90 Å². The molecule has 0 bridgehead atoms. The van der Waals surface area contributed by atoms with Gasteiger partial charge in [-0.3, -0.25) is 20.2 Å². The van der Waals surface area contributed by atoms with Crippen LogP contribution >= 0.6 is 12.2 Å². The number of nitro benzene ring substituents is 2. The molecule has 0 N–H and O–H groups in total. The molecule has 2 aromatic carbocycles. The second-order valence-electron chi connectivity index (χ2n) is 6.82. The van der Waals surface area contributed by atoms with Crippen molar-refractivity contribution in [2.75, 3.05) is 20.2 Å². The predicted molar refractivity (Wildman–Crippen MR) is 115 cm³/mol. The maximum Gasteiger partial charge on any atom is 0.350 e. The SMILES string of the molecule is COc1cc(C(=S)N2CCCCC2)ccc1OC(=O)c1ccc([N+](=O)[O-])cc1[N+](=O)[O-]. The molecule has 3 rings (SSSR count). The van der Waals surface area contributed by atoms with Gasteiger partial charge < -0.3 is 14.4 Å². The van der Waals surface area contributed by atoms with Crippen molar-refractivity contribution >= 4 is 34.6 Å². The normalized spacial score (nSPS) is 13.4. The Morgan fingerprint density at radius 1 is 1.00 bits per heavy atom. The standard InChI is InChI=1S/C20H19N3O7S/c1-29-18-11-13(19(31)21-9-3-2-4-10-21)5-8-17(18)30-20(24)15-7-6-14(22(25)26)12-16(15)23(27)28/h5-8,11-12H,2-4,9-10H2,1H3. The van der Waals surface area contributed by atoms with Crippen LogP contribution < -0.4 is 9.47 Å². The van der Waals surface area contributed by atoms with E-state index in [0.717, 1.165) is 43.6 Å². The third-order valence-electron chi connectivity index (χ3n) is 4.87. The number of rotatable bonds is 6. The van der Waals surface area contributed by atoms with Gasteiger partial charge in [-0.05, 0) is 43.5 Å². The molecule has 1 heterocycles. The molecule has 0 atom stereocenters. The highest BCUT2D eigenvalue weighted by Crippen LogP contribution is 2.32. The molecule has 0 saturated carbocycles. The quantitative estimate of drug-likeness (QED) is 0.214. The Bertz CT molecular complexity index is 1050. The topological polar surface area (TPSA) is 125 Å². The fourth-order valence-corrected chi connectivity index (χ4v) is 3.59. The second-order valence-corrected chi connectivity index (χ2v) is 7.21. The Balaban J connectivity index is 1.85. The summed E-state index contributed by atoms with van der Waals surface area (Å²) in [7, 11) is 1.40. The number of likely N-dealkylation sites (tertiary alicyclic amines) is 1. The Hall–Kier alpha value is -3.60. The number of hydrogen-bond acceptors (Lipinski definition) is 8. The minimum Gasteiger partial charge on any atom is -0.493 e. The maximum atomic E-state index is 12.6. The van der Waals surface area contributed by atoms with E-state index in [1.54, 1.807) is 12.1 Å². The van der Waals surface area contributed by atoms with Crippen LogP contribution in [0.1, 0.15) is 35.2 Å². The van der Waals surface area contributed by atoms with Gasteiger partial charge in [-0.2, -0.15) is 0 Å². The molecule has 1 aliphatic rings. The molecule has 0 amide bonds. The number of methoxy groups -OCH3 is 1. The second kappa shape index (κ2) is 9.47. The number of piperidine rings is 1. The first-order valence-electron chi connectivity index (χ1n) is 9.44. The van der Waals surface area contributed by atoms with Crippen molar-refractivity contribution in [1.29, 1.82) is 0 Å². The van der Waals surface area contributed by atoms with Gasteiger partial charge in [0, 0.05) is 24.7 Å². The van der Waals surface area contributed by atoms with Crippen LogP contribution in [0.15, 0.2) is 36.4 Å². The Morgan fingerprint density at radius 2 is 1.71 bits per heavy atom. The molecule has 11 heteroatoms. The van der Waals surface area contributed by atoms with E-state index < -0.39 is 32.8 Å². The summed E-state index contributed by atoms with van der Waals surface area (Å²) in [4.78, 5) is 35.8. The van der Waals surface area contributed by atoms with Gasteiger partial charge in [-0.15, -0.1) is 0 Å². The molecular formula is C20H19N3O7S. The number of carbonyl (C=O) groups excluding carboxylic acids is 1. The lowest BCUT2D eigenvalue weighted by atomic mass is 10.1. The molecule has 31 heavy (non-hydrogen) atoms. The monoisotopic (exact) mass is 445 g/mol. The van der Waals surface area contributed by atoms with Gasteiger partial charge in [0.1, 0.15) is 10.6 Å². The minimum atomic E-state index is -1.04. The molecule has 0 aromatic heterocycles. The summed E-state index contributed by atoms with van der Waals surface area (Å²) in [5, 5.41) is 22.1. The van der Waals surface area contributed by atoms with Crippen molar-refractivity contribution in [3.8, 4) is 11.5 Å². The number of esters is 1. The van der Waals surface area contributed by atoms with Crippen LogP contribution in [0.2, 0.25) is 0 Å². The van der Waals surface area contributed by atoms with Gasteiger partial charge in [-0.25, -0.2) is 4.79 Å². The zero-order valence-corrected chi connectivity index (χ0v) is 17.4. The lowest BCUT2D eigenvalue weighted by molar-refractivity contribution is -0.394. The largest absolute Gasteiger partial charge is 0.493 e. The van der Waals surface area contributed by atoms with E-state index >= 15 is 0 Å².